The maximum absolute atomic E-state index is 14.0. The Labute approximate surface area is 125 Å². The molecule has 0 aliphatic heterocycles. The predicted molar refractivity (Wildman–Crippen MR) is 68.5 cm³/mol. The van der Waals surface area contributed by atoms with Gasteiger partial charge in [0.25, 0.3) is 5.56 Å². The van der Waals surface area contributed by atoms with E-state index in [9.17, 15) is 26.7 Å². The molecule has 0 unspecified atom stereocenters. The second kappa shape index (κ2) is 5.72. The van der Waals surface area contributed by atoms with Crippen molar-refractivity contribution in [2.24, 2.45) is 0 Å². The number of aromatic amines is 1. The van der Waals surface area contributed by atoms with Crippen molar-refractivity contribution in [3.05, 3.63) is 51.4 Å². The molecule has 0 atom stereocenters. The Hall–Kier alpha value is -2.89. The quantitative estimate of drug-likeness (QED) is 0.858. The second-order valence-corrected chi connectivity index (χ2v) is 4.49. The number of benzene rings is 1. The molecule has 0 aliphatic carbocycles. The summed E-state index contributed by atoms with van der Waals surface area (Å²) in [7, 11) is 0. The number of hydrogen-bond acceptors (Lipinski definition) is 3. The van der Waals surface area contributed by atoms with Gasteiger partial charge in [-0.2, -0.15) is 5.26 Å². The fraction of sp³-hybridized carbons (Fsp3) is 0.143. The molecule has 1 aromatic carbocycles. The Kier molecular flexibility index (Phi) is 4.10. The maximum Gasteiger partial charge on any atom is 0.573 e. The number of nitrogens with zero attached hydrogens (tertiary/aromatic N) is 1. The third kappa shape index (κ3) is 3.48. The molecule has 2 rings (SSSR count). The molecule has 0 saturated carbocycles. The van der Waals surface area contributed by atoms with Crippen LogP contribution in [-0.2, 0) is 0 Å². The first-order valence-electron chi connectivity index (χ1n) is 6.01. The summed E-state index contributed by atoms with van der Waals surface area (Å²) in [6, 6.07) is 3.30. The van der Waals surface area contributed by atoms with Gasteiger partial charge >= 0.3 is 6.36 Å². The van der Waals surface area contributed by atoms with Gasteiger partial charge in [-0.15, -0.1) is 13.2 Å². The number of alkyl halides is 3. The van der Waals surface area contributed by atoms with E-state index in [0.717, 1.165) is 6.07 Å². The average molecular weight is 330 g/mol. The van der Waals surface area contributed by atoms with Gasteiger partial charge in [0.1, 0.15) is 29.0 Å². The van der Waals surface area contributed by atoms with Gasteiger partial charge in [0.15, 0.2) is 0 Å². The van der Waals surface area contributed by atoms with Crippen LogP contribution in [0.5, 0.6) is 5.75 Å². The van der Waals surface area contributed by atoms with Crippen LogP contribution in [0.15, 0.2) is 23.0 Å². The van der Waals surface area contributed by atoms with E-state index >= 15 is 0 Å². The van der Waals surface area contributed by atoms with Gasteiger partial charge in [0.05, 0.1) is 5.56 Å². The van der Waals surface area contributed by atoms with E-state index in [1.807, 2.05) is 0 Å². The minimum Gasteiger partial charge on any atom is -0.406 e. The molecule has 0 saturated heterocycles. The summed E-state index contributed by atoms with van der Waals surface area (Å²) in [6.45, 7) is 1.42. The van der Waals surface area contributed by atoms with E-state index in [-0.39, 0.29) is 11.3 Å². The number of rotatable bonds is 2. The zero-order valence-electron chi connectivity index (χ0n) is 11.4. The van der Waals surface area contributed by atoms with E-state index < -0.39 is 40.4 Å². The van der Waals surface area contributed by atoms with Crippen molar-refractivity contribution in [3.8, 4) is 22.9 Å². The predicted octanol–water partition coefficient (Wildman–Crippen LogP) is 3.40. The minimum absolute atomic E-state index is 0.221. The maximum atomic E-state index is 14.0. The number of halogens is 5. The van der Waals surface area contributed by atoms with Gasteiger partial charge in [-0.3, -0.25) is 4.79 Å². The monoisotopic (exact) mass is 330 g/mol. The molecule has 2 aromatic rings. The van der Waals surface area contributed by atoms with Crippen LogP contribution in [0.25, 0.3) is 11.1 Å². The Morgan fingerprint density at radius 3 is 2.22 bits per heavy atom. The number of H-pyrrole nitrogens is 1. The van der Waals surface area contributed by atoms with Gasteiger partial charge < -0.3 is 9.72 Å². The van der Waals surface area contributed by atoms with Crippen LogP contribution in [0.3, 0.4) is 0 Å². The number of pyridine rings is 1. The summed E-state index contributed by atoms with van der Waals surface area (Å²) >= 11 is 0. The number of nitriles is 1. The standard InChI is InChI=1S/C14H7F5N2O2/c1-6-2-8(9(5-20)13(22)21-6)12-10(15)3-7(4-11(12)16)23-14(17,18)19/h2-4H,1H3,(H,21,22). The lowest BCUT2D eigenvalue weighted by Crippen LogP contribution is -2.17. The van der Waals surface area contributed by atoms with Gasteiger partial charge in [-0.25, -0.2) is 8.78 Å². The van der Waals surface area contributed by atoms with Crippen molar-refractivity contribution < 1.29 is 26.7 Å². The summed E-state index contributed by atoms with van der Waals surface area (Å²) in [4.78, 5) is 13.9. The van der Waals surface area contributed by atoms with E-state index in [1.165, 1.54) is 13.0 Å². The van der Waals surface area contributed by atoms with Gasteiger partial charge in [-0.05, 0) is 13.0 Å². The second-order valence-electron chi connectivity index (χ2n) is 4.49. The third-order valence-corrected chi connectivity index (χ3v) is 2.80. The molecule has 23 heavy (non-hydrogen) atoms. The van der Waals surface area contributed by atoms with E-state index in [0.29, 0.717) is 12.1 Å². The van der Waals surface area contributed by atoms with Gasteiger partial charge in [-0.1, -0.05) is 0 Å². The Morgan fingerprint density at radius 1 is 1.17 bits per heavy atom. The minimum atomic E-state index is -5.11. The summed E-state index contributed by atoms with van der Waals surface area (Å²) in [6.07, 6.45) is -5.11. The highest BCUT2D eigenvalue weighted by Crippen LogP contribution is 2.33. The summed E-state index contributed by atoms with van der Waals surface area (Å²) in [5, 5.41) is 8.95. The normalized spacial score (nSPS) is 11.2. The molecule has 1 aromatic heterocycles. The summed E-state index contributed by atoms with van der Waals surface area (Å²) in [5.74, 6) is -3.88. The van der Waals surface area contributed by atoms with Crippen LogP contribution in [0.4, 0.5) is 22.0 Å². The van der Waals surface area contributed by atoms with E-state index in [1.54, 1.807) is 0 Å². The van der Waals surface area contributed by atoms with E-state index in [2.05, 4.69) is 9.72 Å². The van der Waals surface area contributed by atoms with Crippen molar-refractivity contribution in [1.29, 1.82) is 5.26 Å². The topological polar surface area (TPSA) is 65.9 Å². The fourth-order valence-corrected chi connectivity index (χ4v) is 2.00. The smallest absolute Gasteiger partial charge is 0.406 e. The lowest BCUT2D eigenvalue weighted by molar-refractivity contribution is -0.274. The number of aromatic nitrogens is 1. The summed E-state index contributed by atoms with van der Waals surface area (Å²) < 4.78 is 67.8. The first kappa shape index (κ1) is 16.5. The molecule has 0 bridgehead atoms. The molecule has 0 amide bonds. The Balaban J connectivity index is 2.67. The highest BCUT2D eigenvalue weighted by Gasteiger charge is 2.32. The lowest BCUT2D eigenvalue weighted by atomic mass is 9.99. The molecule has 0 spiro atoms. The van der Waals surface area contributed by atoms with Crippen LogP contribution >= 0.6 is 0 Å². The van der Waals surface area contributed by atoms with Crippen molar-refractivity contribution in [2.75, 3.05) is 0 Å². The molecule has 0 radical (unpaired) electrons. The van der Waals surface area contributed by atoms with Gasteiger partial charge in [0, 0.05) is 23.4 Å². The molecule has 4 nitrogen and oxygen atoms in total. The van der Waals surface area contributed by atoms with Crippen LogP contribution in [0.1, 0.15) is 11.3 Å². The molecule has 0 fully saturated rings. The average Bonchev–Trinajstić information content (AvgIpc) is 2.35. The molecule has 1 heterocycles. The highest BCUT2D eigenvalue weighted by molar-refractivity contribution is 5.72. The SMILES string of the molecule is Cc1cc(-c2c(F)cc(OC(F)(F)F)cc2F)c(C#N)c(=O)[nH]1. The number of nitrogens with one attached hydrogen (secondary N) is 1. The number of hydrogen-bond donors (Lipinski definition) is 1. The zero-order chi connectivity index (χ0) is 17.4. The third-order valence-electron chi connectivity index (χ3n) is 2.80. The Bertz CT molecular complexity index is 842. The Morgan fingerprint density at radius 2 is 1.74 bits per heavy atom. The molecule has 0 aliphatic rings. The molecule has 120 valence electrons. The largest absolute Gasteiger partial charge is 0.573 e. The molecule has 1 N–H and O–H groups in total. The fourth-order valence-electron chi connectivity index (χ4n) is 2.00. The number of ether oxygens (including phenoxy) is 1. The first-order valence-corrected chi connectivity index (χ1v) is 6.01. The van der Waals surface area contributed by atoms with Crippen LogP contribution < -0.4 is 10.3 Å². The van der Waals surface area contributed by atoms with Crippen molar-refractivity contribution >= 4 is 0 Å². The van der Waals surface area contributed by atoms with Gasteiger partial charge in [0.2, 0.25) is 0 Å². The van der Waals surface area contributed by atoms with Crippen molar-refractivity contribution in [2.45, 2.75) is 13.3 Å². The van der Waals surface area contributed by atoms with Crippen LogP contribution in [-0.4, -0.2) is 11.3 Å². The van der Waals surface area contributed by atoms with E-state index in [4.69, 9.17) is 5.26 Å². The van der Waals surface area contributed by atoms with Crippen molar-refractivity contribution in [3.63, 3.8) is 0 Å². The summed E-state index contributed by atoms with van der Waals surface area (Å²) in [5.41, 5.74) is -2.35. The molecular formula is C14H7F5N2O2. The first-order chi connectivity index (χ1) is 10.6. The zero-order valence-corrected chi connectivity index (χ0v) is 11.4. The number of aryl methyl sites for hydroxylation is 1. The lowest BCUT2D eigenvalue weighted by Gasteiger charge is -2.12. The molecular weight excluding hydrogens is 323 g/mol. The highest BCUT2D eigenvalue weighted by atomic mass is 19.4. The van der Waals surface area contributed by atoms with Crippen LogP contribution in [0.2, 0.25) is 0 Å². The van der Waals surface area contributed by atoms with Crippen LogP contribution in [0, 0.1) is 29.9 Å². The molecule has 9 heteroatoms. The van der Waals surface area contributed by atoms with Crippen molar-refractivity contribution in [1.82, 2.24) is 4.98 Å².